The van der Waals surface area contributed by atoms with Gasteiger partial charge in [0.05, 0.1) is 19.1 Å². The number of benzene rings is 1. The summed E-state index contributed by atoms with van der Waals surface area (Å²) in [6, 6.07) is 3.44. The van der Waals surface area contributed by atoms with E-state index in [0.29, 0.717) is 12.1 Å². The number of carbonyl (C=O) groups excluding carboxylic acids is 2. The number of hydrogen-bond donors (Lipinski definition) is 1. The zero-order valence-corrected chi connectivity index (χ0v) is 16.0. The molecule has 0 saturated carbocycles. The van der Waals surface area contributed by atoms with Crippen molar-refractivity contribution in [2.75, 3.05) is 19.4 Å². The number of hydrogen-bond acceptors (Lipinski definition) is 7. The van der Waals surface area contributed by atoms with Gasteiger partial charge in [0.1, 0.15) is 5.60 Å². The molecule has 144 valence electrons. The number of amides is 1. The van der Waals surface area contributed by atoms with Crippen LogP contribution in [0, 0.1) is 5.92 Å². The minimum absolute atomic E-state index is 0.0199. The van der Waals surface area contributed by atoms with Gasteiger partial charge in [-0.15, -0.1) is 0 Å². The highest BCUT2D eigenvalue weighted by molar-refractivity contribution is 7.79. The highest BCUT2D eigenvalue weighted by Gasteiger charge is 2.45. The molecule has 1 amide bonds. The molecule has 1 unspecified atom stereocenters. The molecule has 1 aliphatic heterocycles. The normalized spacial score (nSPS) is 21.3. The Balaban J connectivity index is 2.53. The molecule has 0 aromatic heterocycles. The summed E-state index contributed by atoms with van der Waals surface area (Å²) in [6.07, 6.45) is -0.296. The molecule has 2 N–H and O–H groups in total. The molecular weight excluding hydrogens is 360 g/mol. The number of ether oxygens (including phenoxy) is 2. The van der Waals surface area contributed by atoms with E-state index in [1.54, 1.807) is 20.8 Å². The van der Waals surface area contributed by atoms with Gasteiger partial charge < -0.3 is 24.7 Å². The van der Waals surface area contributed by atoms with Crippen LogP contribution in [0.4, 0.5) is 10.5 Å². The van der Waals surface area contributed by atoms with Crippen LogP contribution in [-0.4, -0.2) is 45.0 Å². The first-order valence-electron chi connectivity index (χ1n) is 8.11. The summed E-state index contributed by atoms with van der Waals surface area (Å²) in [6.45, 7) is 5.42. The van der Waals surface area contributed by atoms with Crippen LogP contribution in [0.25, 0.3) is 0 Å². The van der Waals surface area contributed by atoms with E-state index < -0.39 is 40.7 Å². The lowest BCUT2D eigenvalue weighted by atomic mass is 9.93. The van der Waals surface area contributed by atoms with Gasteiger partial charge in [-0.1, -0.05) is 0 Å². The summed E-state index contributed by atoms with van der Waals surface area (Å²) >= 11 is -2.56. The fourth-order valence-corrected chi connectivity index (χ4v) is 3.60. The van der Waals surface area contributed by atoms with Crippen LogP contribution in [-0.2, 0) is 25.3 Å². The van der Waals surface area contributed by atoms with Crippen molar-refractivity contribution in [3.8, 4) is 0 Å². The first-order valence-corrected chi connectivity index (χ1v) is 9.18. The predicted octanol–water partition coefficient (Wildman–Crippen LogP) is 1.98. The number of anilines is 1. The largest absolute Gasteiger partial charge is 0.768 e. The Bertz CT molecular complexity index is 730. The van der Waals surface area contributed by atoms with E-state index in [1.165, 1.54) is 30.2 Å². The molecule has 0 spiro atoms. The summed E-state index contributed by atoms with van der Waals surface area (Å²) in [4.78, 5) is 26.2. The maximum absolute atomic E-state index is 12.6. The zero-order valence-electron chi connectivity index (χ0n) is 15.2. The van der Waals surface area contributed by atoms with E-state index in [-0.39, 0.29) is 17.0 Å². The third-order valence-corrected chi connectivity index (χ3v) is 4.79. The molecule has 1 aromatic rings. The van der Waals surface area contributed by atoms with Crippen molar-refractivity contribution < 1.29 is 27.8 Å². The van der Waals surface area contributed by atoms with Crippen LogP contribution in [0.5, 0.6) is 0 Å². The number of carbonyl (C=O) groups is 2. The maximum atomic E-state index is 12.6. The van der Waals surface area contributed by atoms with Crippen molar-refractivity contribution in [3.63, 3.8) is 0 Å². The van der Waals surface area contributed by atoms with Crippen molar-refractivity contribution in [1.29, 1.82) is 0 Å². The van der Waals surface area contributed by atoms with Gasteiger partial charge in [-0.2, -0.15) is 0 Å². The number of methoxy groups -OCH3 is 1. The van der Waals surface area contributed by atoms with Crippen LogP contribution >= 0.6 is 0 Å². The van der Waals surface area contributed by atoms with E-state index in [9.17, 15) is 18.4 Å². The van der Waals surface area contributed by atoms with Crippen molar-refractivity contribution in [3.05, 3.63) is 23.8 Å². The average Bonchev–Trinajstić information content (AvgIpc) is 2.97. The molecule has 1 saturated heterocycles. The molecule has 0 radical (unpaired) electrons. The van der Waals surface area contributed by atoms with Gasteiger partial charge in [0.15, 0.2) is 0 Å². The topological polar surface area (TPSA) is 122 Å². The van der Waals surface area contributed by atoms with E-state index >= 15 is 0 Å². The Kier molecular flexibility index (Phi) is 5.92. The average molecular weight is 383 g/mol. The second-order valence-electron chi connectivity index (χ2n) is 7.07. The smallest absolute Gasteiger partial charge is 0.410 e. The summed E-state index contributed by atoms with van der Waals surface area (Å²) in [7, 11) is 1.25. The third-order valence-electron chi connectivity index (χ3n) is 4.06. The van der Waals surface area contributed by atoms with Crippen molar-refractivity contribution >= 4 is 28.8 Å². The van der Waals surface area contributed by atoms with Gasteiger partial charge >= 0.3 is 12.1 Å². The first-order chi connectivity index (χ1) is 12.0. The van der Waals surface area contributed by atoms with Gasteiger partial charge in [-0.25, -0.2) is 4.79 Å². The Hall–Kier alpha value is -2.13. The molecule has 1 heterocycles. The van der Waals surface area contributed by atoms with Crippen LogP contribution in [0.2, 0.25) is 0 Å². The molecule has 2 rings (SSSR count). The monoisotopic (exact) mass is 383 g/mol. The maximum Gasteiger partial charge on any atom is 0.410 e. The fourth-order valence-electron chi connectivity index (χ4n) is 3.05. The number of nitrogens with two attached hydrogens (primary N) is 1. The lowest BCUT2D eigenvalue weighted by Gasteiger charge is -2.31. The molecule has 26 heavy (non-hydrogen) atoms. The lowest BCUT2D eigenvalue weighted by Crippen LogP contribution is -2.38. The molecule has 9 heteroatoms. The highest BCUT2D eigenvalue weighted by atomic mass is 32.2. The Morgan fingerprint density at radius 3 is 2.54 bits per heavy atom. The van der Waals surface area contributed by atoms with Gasteiger partial charge in [-0.3, -0.25) is 9.00 Å². The minimum atomic E-state index is -2.56. The van der Waals surface area contributed by atoms with E-state index in [1.807, 2.05) is 0 Å². The summed E-state index contributed by atoms with van der Waals surface area (Å²) in [5.74, 6) is -1.23. The molecule has 3 atom stereocenters. The Morgan fingerprint density at radius 1 is 1.35 bits per heavy atom. The number of rotatable bonds is 3. The molecular formula is C17H23N2O6S-. The lowest BCUT2D eigenvalue weighted by molar-refractivity contribution is -0.146. The SMILES string of the molecule is COC(=O)[C@H]1CCN(C(=O)OC(C)(C)C)[C@H]1c1cc(N)ccc1S(=O)[O-]. The van der Waals surface area contributed by atoms with Crippen molar-refractivity contribution in [2.24, 2.45) is 5.92 Å². The zero-order chi connectivity index (χ0) is 19.6. The number of esters is 1. The van der Waals surface area contributed by atoms with Crippen LogP contribution < -0.4 is 5.73 Å². The van der Waals surface area contributed by atoms with Gasteiger partial charge in [0, 0.05) is 17.1 Å². The van der Waals surface area contributed by atoms with E-state index in [2.05, 4.69) is 0 Å². The van der Waals surface area contributed by atoms with E-state index in [0.717, 1.165) is 0 Å². The highest BCUT2D eigenvalue weighted by Crippen LogP contribution is 2.41. The Labute approximate surface area is 154 Å². The molecule has 1 aliphatic rings. The third kappa shape index (κ3) is 4.34. The second kappa shape index (κ2) is 7.63. The standard InChI is InChI=1S/C17H24N2O6S/c1-17(2,3)25-16(21)19-8-7-11(15(20)24-4)14(19)12-9-10(18)5-6-13(12)26(22)23/h5-6,9,11,14H,7-8,18H2,1-4H3,(H,22,23)/p-1/t11-,14+/m0/s1. The van der Waals surface area contributed by atoms with Crippen molar-refractivity contribution in [2.45, 2.75) is 43.7 Å². The fraction of sp³-hybridized carbons (Fsp3) is 0.529. The number of nitrogen functional groups attached to an aromatic ring is 1. The van der Waals surface area contributed by atoms with Crippen LogP contribution in [0.1, 0.15) is 38.8 Å². The van der Waals surface area contributed by atoms with Gasteiger partial charge in [0.25, 0.3) is 0 Å². The molecule has 8 nitrogen and oxygen atoms in total. The molecule has 0 aliphatic carbocycles. The quantitative estimate of drug-likeness (QED) is 0.481. The minimum Gasteiger partial charge on any atom is -0.768 e. The summed E-state index contributed by atoms with van der Waals surface area (Å²) in [5.41, 5.74) is 5.69. The number of likely N-dealkylation sites (tertiary alicyclic amines) is 1. The molecule has 0 bridgehead atoms. The Morgan fingerprint density at radius 2 is 2.00 bits per heavy atom. The van der Waals surface area contributed by atoms with Crippen LogP contribution in [0.3, 0.4) is 0 Å². The van der Waals surface area contributed by atoms with Crippen LogP contribution in [0.15, 0.2) is 23.1 Å². The summed E-state index contributed by atoms with van der Waals surface area (Å²) < 4.78 is 33.6. The van der Waals surface area contributed by atoms with Crippen molar-refractivity contribution in [1.82, 2.24) is 4.90 Å². The molecule has 1 aromatic carbocycles. The molecule has 1 fully saturated rings. The first kappa shape index (κ1) is 20.2. The van der Waals surface area contributed by atoms with Gasteiger partial charge in [0.2, 0.25) is 0 Å². The summed E-state index contributed by atoms with van der Waals surface area (Å²) in [5, 5.41) is 0. The van der Waals surface area contributed by atoms with E-state index in [4.69, 9.17) is 15.2 Å². The van der Waals surface area contributed by atoms with Gasteiger partial charge in [-0.05, 0) is 62.0 Å². The number of nitrogens with zero attached hydrogens (tertiary/aromatic N) is 1. The predicted molar refractivity (Wildman–Crippen MR) is 93.8 cm³/mol. The second-order valence-corrected chi connectivity index (χ2v) is 7.98.